The minimum absolute atomic E-state index is 0.132. The molecular formula is C24H31FN2O2. The number of nitrogens with one attached hydrogen (secondary N) is 2. The van der Waals surface area contributed by atoms with E-state index in [4.69, 9.17) is 0 Å². The smallest absolute Gasteiger partial charge is 0.252 e. The van der Waals surface area contributed by atoms with Gasteiger partial charge in [0.2, 0.25) is 5.91 Å². The van der Waals surface area contributed by atoms with Crippen molar-refractivity contribution in [2.75, 3.05) is 7.05 Å². The molecule has 2 rings (SSSR count). The molecule has 29 heavy (non-hydrogen) atoms. The Morgan fingerprint density at radius 2 is 1.34 bits per heavy atom. The molecule has 0 radical (unpaired) electrons. The van der Waals surface area contributed by atoms with Gasteiger partial charge in [0.25, 0.3) is 5.91 Å². The topological polar surface area (TPSA) is 58.2 Å². The molecule has 2 aromatic carbocycles. The van der Waals surface area contributed by atoms with Gasteiger partial charge in [-0.3, -0.25) is 9.59 Å². The van der Waals surface area contributed by atoms with Crippen LogP contribution in [0.5, 0.6) is 0 Å². The average Bonchev–Trinajstić information content (AvgIpc) is 2.64. The molecule has 0 fully saturated rings. The zero-order valence-electron chi connectivity index (χ0n) is 18.3. The minimum atomic E-state index is -0.913. The van der Waals surface area contributed by atoms with Crippen molar-refractivity contribution >= 4 is 11.8 Å². The summed E-state index contributed by atoms with van der Waals surface area (Å²) in [7, 11) is 1.50. The molecule has 0 aliphatic rings. The third-order valence-electron chi connectivity index (χ3n) is 4.91. The maximum atomic E-state index is 13.3. The number of hydrogen-bond acceptors (Lipinski definition) is 2. The Labute approximate surface area is 172 Å². The Kier molecular flexibility index (Phi) is 6.51. The Morgan fingerprint density at radius 1 is 0.862 bits per heavy atom. The van der Waals surface area contributed by atoms with E-state index in [0.29, 0.717) is 11.1 Å². The molecule has 0 saturated heterocycles. The molecular weight excluding hydrogens is 367 g/mol. The largest absolute Gasteiger partial charge is 0.357 e. The van der Waals surface area contributed by atoms with Gasteiger partial charge in [0.05, 0.1) is 0 Å². The standard InChI is InChI=1S/C24H31FN2O2/c1-23(2,3)17-12-16(13-18(14-17)24(4,5)6)21(28)27-20(22(29)26-7)15-8-10-19(25)11-9-15/h8-14,20H,1-7H3,(H,26,29)(H,27,28)/t20-/m1/s1. The minimum Gasteiger partial charge on any atom is -0.357 e. The normalized spacial score (nSPS) is 13.0. The first kappa shape index (κ1) is 22.6. The quantitative estimate of drug-likeness (QED) is 0.788. The van der Waals surface area contributed by atoms with Crippen molar-refractivity contribution in [3.63, 3.8) is 0 Å². The molecule has 0 aromatic heterocycles. The van der Waals surface area contributed by atoms with Crippen LogP contribution in [0.3, 0.4) is 0 Å². The first-order valence-electron chi connectivity index (χ1n) is 9.77. The summed E-state index contributed by atoms with van der Waals surface area (Å²) in [5.41, 5.74) is 2.85. The first-order valence-corrected chi connectivity index (χ1v) is 9.77. The highest BCUT2D eigenvalue weighted by Crippen LogP contribution is 2.30. The lowest BCUT2D eigenvalue weighted by molar-refractivity contribution is -0.122. The zero-order valence-corrected chi connectivity index (χ0v) is 18.3. The van der Waals surface area contributed by atoms with Gasteiger partial charge in [-0.2, -0.15) is 0 Å². The van der Waals surface area contributed by atoms with Crippen LogP contribution in [0.25, 0.3) is 0 Å². The fourth-order valence-electron chi connectivity index (χ4n) is 2.94. The average molecular weight is 399 g/mol. The number of rotatable bonds is 4. The molecule has 156 valence electrons. The Morgan fingerprint density at radius 3 is 1.76 bits per heavy atom. The van der Waals surface area contributed by atoms with Crippen molar-refractivity contribution in [1.29, 1.82) is 0 Å². The summed E-state index contributed by atoms with van der Waals surface area (Å²) in [6.07, 6.45) is 0. The number of carbonyl (C=O) groups is 2. The predicted molar refractivity (Wildman–Crippen MR) is 115 cm³/mol. The van der Waals surface area contributed by atoms with Gasteiger partial charge in [-0.25, -0.2) is 4.39 Å². The van der Waals surface area contributed by atoms with Gasteiger partial charge in [0.1, 0.15) is 11.9 Å². The predicted octanol–water partition coefficient (Wildman–Crippen LogP) is 4.64. The number of hydrogen-bond donors (Lipinski definition) is 2. The second-order valence-corrected chi connectivity index (χ2v) is 9.37. The fraction of sp³-hybridized carbons (Fsp3) is 0.417. The Bertz CT molecular complexity index is 858. The highest BCUT2D eigenvalue weighted by molar-refractivity contribution is 5.98. The van der Waals surface area contributed by atoms with Crippen LogP contribution < -0.4 is 10.6 Å². The van der Waals surface area contributed by atoms with E-state index in [1.54, 1.807) is 0 Å². The lowest BCUT2D eigenvalue weighted by Crippen LogP contribution is -2.39. The molecule has 1 atom stereocenters. The van der Waals surface area contributed by atoms with Crippen molar-refractivity contribution in [3.05, 3.63) is 70.5 Å². The summed E-state index contributed by atoms with van der Waals surface area (Å²) in [5, 5.41) is 5.36. The second kappa shape index (κ2) is 8.36. The highest BCUT2D eigenvalue weighted by atomic mass is 19.1. The molecule has 5 heteroatoms. The summed E-state index contributed by atoms with van der Waals surface area (Å²) >= 11 is 0. The fourth-order valence-corrected chi connectivity index (χ4v) is 2.94. The maximum Gasteiger partial charge on any atom is 0.252 e. The molecule has 2 aromatic rings. The number of likely N-dealkylation sites (N-methyl/N-ethyl adjacent to an activating group) is 1. The third-order valence-corrected chi connectivity index (χ3v) is 4.91. The van der Waals surface area contributed by atoms with E-state index in [1.165, 1.54) is 31.3 Å². The van der Waals surface area contributed by atoms with Gasteiger partial charge in [-0.05, 0) is 51.8 Å². The third kappa shape index (κ3) is 5.66. The van der Waals surface area contributed by atoms with Crippen LogP contribution in [0.15, 0.2) is 42.5 Å². The maximum absolute atomic E-state index is 13.3. The monoisotopic (exact) mass is 398 g/mol. The van der Waals surface area contributed by atoms with Crippen molar-refractivity contribution in [2.24, 2.45) is 0 Å². The van der Waals surface area contributed by atoms with Crippen LogP contribution in [-0.2, 0) is 15.6 Å². The van der Waals surface area contributed by atoms with Crippen LogP contribution >= 0.6 is 0 Å². The summed E-state index contributed by atoms with van der Waals surface area (Å²) in [4.78, 5) is 25.5. The molecule has 0 aliphatic carbocycles. The zero-order chi connectivity index (χ0) is 22.0. The van der Waals surface area contributed by atoms with Crippen LogP contribution in [0.2, 0.25) is 0 Å². The Hall–Kier alpha value is -2.69. The molecule has 0 unspecified atom stereocenters. The number of carbonyl (C=O) groups excluding carboxylic acids is 2. The summed E-state index contributed by atoms with van der Waals surface area (Å²) in [6, 6.07) is 10.5. The van der Waals surface area contributed by atoms with E-state index in [0.717, 1.165) is 11.1 Å². The van der Waals surface area contributed by atoms with E-state index < -0.39 is 11.9 Å². The van der Waals surface area contributed by atoms with Gasteiger partial charge < -0.3 is 10.6 Å². The van der Waals surface area contributed by atoms with Gasteiger partial charge in [-0.15, -0.1) is 0 Å². The summed E-state index contributed by atoms with van der Waals surface area (Å²) in [5.74, 6) is -1.11. The first-order chi connectivity index (χ1) is 13.3. The molecule has 0 saturated carbocycles. The summed E-state index contributed by atoms with van der Waals surface area (Å²) in [6.45, 7) is 12.6. The number of amides is 2. The second-order valence-electron chi connectivity index (χ2n) is 9.37. The van der Waals surface area contributed by atoms with Crippen molar-refractivity contribution in [1.82, 2.24) is 10.6 Å². The lowest BCUT2D eigenvalue weighted by Gasteiger charge is -2.26. The van der Waals surface area contributed by atoms with E-state index >= 15 is 0 Å². The van der Waals surface area contributed by atoms with Gasteiger partial charge in [0.15, 0.2) is 0 Å². The molecule has 4 nitrogen and oxygen atoms in total. The van der Waals surface area contributed by atoms with E-state index in [9.17, 15) is 14.0 Å². The Balaban J connectivity index is 2.45. The number of benzene rings is 2. The molecule has 0 spiro atoms. The van der Waals surface area contributed by atoms with Gasteiger partial charge >= 0.3 is 0 Å². The van der Waals surface area contributed by atoms with Crippen LogP contribution in [-0.4, -0.2) is 18.9 Å². The van der Waals surface area contributed by atoms with Gasteiger partial charge in [0, 0.05) is 12.6 Å². The lowest BCUT2D eigenvalue weighted by atomic mass is 9.79. The highest BCUT2D eigenvalue weighted by Gasteiger charge is 2.26. The van der Waals surface area contributed by atoms with E-state index in [2.05, 4.69) is 58.2 Å². The number of halogens is 1. The van der Waals surface area contributed by atoms with E-state index in [1.807, 2.05) is 12.1 Å². The SMILES string of the molecule is CNC(=O)[C@H](NC(=O)c1cc(C(C)(C)C)cc(C(C)(C)C)c1)c1ccc(F)cc1. The molecule has 0 aliphatic heterocycles. The molecule has 2 N–H and O–H groups in total. The van der Waals surface area contributed by atoms with Crippen molar-refractivity contribution in [2.45, 2.75) is 58.4 Å². The van der Waals surface area contributed by atoms with Crippen LogP contribution in [0.1, 0.15) is 74.6 Å². The summed E-state index contributed by atoms with van der Waals surface area (Å²) < 4.78 is 13.3. The van der Waals surface area contributed by atoms with Crippen LogP contribution in [0.4, 0.5) is 4.39 Å². The molecule has 0 bridgehead atoms. The molecule has 0 heterocycles. The van der Waals surface area contributed by atoms with Gasteiger partial charge in [-0.1, -0.05) is 59.7 Å². The molecule has 2 amide bonds. The van der Waals surface area contributed by atoms with Crippen LogP contribution in [0, 0.1) is 5.82 Å². The van der Waals surface area contributed by atoms with Crippen molar-refractivity contribution in [3.8, 4) is 0 Å². The van der Waals surface area contributed by atoms with Crippen molar-refractivity contribution < 1.29 is 14.0 Å². The van der Waals surface area contributed by atoms with E-state index in [-0.39, 0.29) is 22.6 Å².